The van der Waals surface area contributed by atoms with Gasteiger partial charge >= 0.3 is 5.97 Å². The lowest BCUT2D eigenvalue weighted by Gasteiger charge is -2.09. The molecule has 0 aliphatic heterocycles. The molecule has 0 fully saturated rings. The first-order chi connectivity index (χ1) is 9.20. The molecule has 0 saturated heterocycles. The summed E-state index contributed by atoms with van der Waals surface area (Å²) in [4.78, 5) is 21.9. The normalized spacial score (nSPS) is 11.2. The average molecular weight is 340 g/mol. The standard InChI is InChI=1S/C11H11Cl2NO5S/c1-2-14-8(15)5-20(18,19)7-4-3-6(12)9(10(7)13)11(16)17/h3-4H,2,5H2,1H3,(H,14,15)(H,16,17). The largest absolute Gasteiger partial charge is 0.478 e. The Morgan fingerprint density at radius 2 is 1.90 bits per heavy atom. The number of carboxylic acid groups (broad SMARTS) is 1. The van der Waals surface area contributed by atoms with Crippen LogP contribution < -0.4 is 5.32 Å². The topological polar surface area (TPSA) is 101 Å². The number of hydrogen-bond acceptors (Lipinski definition) is 4. The molecule has 110 valence electrons. The number of nitrogens with one attached hydrogen (secondary N) is 1. The number of carbonyl (C=O) groups is 2. The van der Waals surface area contributed by atoms with Gasteiger partial charge in [0.05, 0.1) is 20.5 Å². The van der Waals surface area contributed by atoms with E-state index in [1.165, 1.54) is 0 Å². The van der Waals surface area contributed by atoms with Crippen LogP contribution in [-0.4, -0.2) is 37.7 Å². The van der Waals surface area contributed by atoms with Crippen molar-refractivity contribution in [3.63, 3.8) is 0 Å². The summed E-state index contributed by atoms with van der Waals surface area (Å²) >= 11 is 11.4. The molecule has 0 spiro atoms. The Labute approximate surface area is 125 Å². The number of carboxylic acids is 1. The number of carbonyl (C=O) groups excluding carboxylic acids is 1. The Kier molecular flexibility index (Phi) is 5.38. The van der Waals surface area contributed by atoms with Crippen LogP contribution in [0.4, 0.5) is 0 Å². The Hall–Kier alpha value is -1.31. The molecule has 0 aromatic heterocycles. The van der Waals surface area contributed by atoms with Crippen LogP contribution in [0.15, 0.2) is 17.0 Å². The van der Waals surface area contributed by atoms with E-state index in [2.05, 4.69) is 5.32 Å². The molecule has 0 heterocycles. The van der Waals surface area contributed by atoms with Gasteiger partial charge in [0.2, 0.25) is 5.91 Å². The highest BCUT2D eigenvalue weighted by molar-refractivity contribution is 7.92. The second-order valence-corrected chi connectivity index (χ2v) is 6.50. The van der Waals surface area contributed by atoms with Crippen molar-refractivity contribution < 1.29 is 23.1 Å². The molecule has 0 bridgehead atoms. The minimum Gasteiger partial charge on any atom is -0.478 e. The zero-order chi connectivity index (χ0) is 15.5. The van der Waals surface area contributed by atoms with Crippen molar-refractivity contribution in [1.82, 2.24) is 5.32 Å². The molecule has 1 amide bonds. The van der Waals surface area contributed by atoms with Crippen LogP contribution in [-0.2, 0) is 14.6 Å². The molecule has 1 rings (SSSR count). The monoisotopic (exact) mass is 339 g/mol. The van der Waals surface area contributed by atoms with Crippen LogP contribution >= 0.6 is 23.2 Å². The van der Waals surface area contributed by atoms with E-state index < -0.39 is 42.9 Å². The van der Waals surface area contributed by atoms with Gasteiger partial charge < -0.3 is 10.4 Å². The lowest BCUT2D eigenvalue weighted by Crippen LogP contribution is -2.30. The van der Waals surface area contributed by atoms with Gasteiger partial charge in [0.1, 0.15) is 5.75 Å². The fourth-order valence-electron chi connectivity index (χ4n) is 1.47. The molecule has 0 unspecified atom stereocenters. The van der Waals surface area contributed by atoms with Crippen LogP contribution in [0.25, 0.3) is 0 Å². The predicted molar refractivity (Wildman–Crippen MR) is 74.2 cm³/mol. The van der Waals surface area contributed by atoms with E-state index in [1.807, 2.05) is 0 Å². The number of hydrogen-bond donors (Lipinski definition) is 2. The first kappa shape index (κ1) is 16.7. The fourth-order valence-corrected chi connectivity index (χ4v) is 3.61. The van der Waals surface area contributed by atoms with E-state index in [0.29, 0.717) is 0 Å². The number of aromatic carboxylic acids is 1. The Balaban J connectivity index is 3.30. The first-order valence-corrected chi connectivity index (χ1v) is 7.82. The third-order valence-corrected chi connectivity index (χ3v) is 4.77. The number of rotatable bonds is 5. The van der Waals surface area contributed by atoms with Crippen LogP contribution in [0.3, 0.4) is 0 Å². The van der Waals surface area contributed by atoms with Crippen LogP contribution in [0.5, 0.6) is 0 Å². The quantitative estimate of drug-likeness (QED) is 0.848. The lowest BCUT2D eigenvalue weighted by molar-refractivity contribution is -0.118. The molecule has 6 nitrogen and oxygen atoms in total. The summed E-state index contributed by atoms with van der Waals surface area (Å²) in [6.45, 7) is 1.92. The van der Waals surface area contributed by atoms with Gasteiger partial charge in [0, 0.05) is 6.54 Å². The van der Waals surface area contributed by atoms with Crippen molar-refractivity contribution in [3.8, 4) is 0 Å². The molecule has 9 heteroatoms. The highest BCUT2D eigenvalue weighted by Crippen LogP contribution is 2.31. The Morgan fingerprint density at radius 1 is 1.30 bits per heavy atom. The summed E-state index contributed by atoms with van der Waals surface area (Å²) < 4.78 is 24.1. The molecular formula is C11H11Cl2NO5S. The summed E-state index contributed by atoms with van der Waals surface area (Å²) in [5.74, 6) is -2.97. The second-order valence-electron chi connectivity index (χ2n) is 3.75. The predicted octanol–water partition coefficient (Wildman–Crippen LogP) is 1.60. The minimum atomic E-state index is -4.05. The van der Waals surface area contributed by atoms with E-state index in [9.17, 15) is 18.0 Å². The van der Waals surface area contributed by atoms with Gasteiger partial charge in [-0.05, 0) is 19.1 Å². The van der Waals surface area contributed by atoms with Gasteiger partial charge in [-0.3, -0.25) is 4.79 Å². The molecular weight excluding hydrogens is 329 g/mol. The van der Waals surface area contributed by atoms with E-state index >= 15 is 0 Å². The molecule has 0 radical (unpaired) electrons. The molecule has 1 aromatic rings. The van der Waals surface area contributed by atoms with E-state index in [0.717, 1.165) is 12.1 Å². The molecule has 0 aliphatic rings. The van der Waals surface area contributed by atoms with Crippen molar-refractivity contribution in [1.29, 1.82) is 0 Å². The van der Waals surface area contributed by atoms with Gasteiger partial charge in [-0.25, -0.2) is 13.2 Å². The van der Waals surface area contributed by atoms with Crippen LogP contribution in [0.1, 0.15) is 17.3 Å². The number of sulfone groups is 1. The summed E-state index contributed by atoms with van der Waals surface area (Å²) in [6.07, 6.45) is 0. The van der Waals surface area contributed by atoms with Gasteiger partial charge in [-0.15, -0.1) is 0 Å². The van der Waals surface area contributed by atoms with Crippen molar-refractivity contribution in [2.75, 3.05) is 12.3 Å². The maximum atomic E-state index is 12.0. The minimum absolute atomic E-state index is 0.181. The third-order valence-electron chi connectivity index (χ3n) is 2.30. The Bertz CT molecular complexity index is 657. The van der Waals surface area contributed by atoms with Crippen LogP contribution in [0.2, 0.25) is 10.0 Å². The zero-order valence-electron chi connectivity index (χ0n) is 10.3. The fraction of sp³-hybridized carbons (Fsp3) is 0.273. The highest BCUT2D eigenvalue weighted by Gasteiger charge is 2.26. The third kappa shape index (κ3) is 3.62. The van der Waals surface area contributed by atoms with E-state index in [-0.39, 0.29) is 11.6 Å². The maximum absolute atomic E-state index is 12.0. The Morgan fingerprint density at radius 3 is 2.40 bits per heavy atom. The van der Waals surface area contributed by atoms with Gasteiger partial charge in [0.25, 0.3) is 0 Å². The van der Waals surface area contributed by atoms with E-state index in [4.69, 9.17) is 28.3 Å². The van der Waals surface area contributed by atoms with Crippen molar-refractivity contribution in [3.05, 3.63) is 27.7 Å². The highest BCUT2D eigenvalue weighted by atomic mass is 35.5. The average Bonchev–Trinajstić information content (AvgIpc) is 2.27. The van der Waals surface area contributed by atoms with Gasteiger partial charge in [-0.2, -0.15) is 0 Å². The van der Waals surface area contributed by atoms with Crippen molar-refractivity contribution in [2.45, 2.75) is 11.8 Å². The summed E-state index contributed by atoms with van der Waals surface area (Å²) in [5.41, 5.74) is -0.509. The molecule has 0 saturated carbocycles. The molecule has 0 atom stereocenters. The number of halogens is 2. The molecule has 0 aliphatic carbocycles. The van der Waals surface area contributed by atoms with Gasteiger partial charge in [0.15, 0.2) is 9.84 Å². The summed E-state index contributed by atoms with van der Waals surface area (Å²) in [6, 6.07) is 2.19. The second kappa shape index (κ2) is 6.43. The van der Waals surface area contributed by atoms with Gasteiger partial charge in [-0.1, -0.05) is 23.2 Å². The molecule has 2 N–H and O–H groups in total. The van der Waals surface area contributed by atoms with Crippen molar-refractivity contribution in [2.24, 2.45) is 0 Å². The van der Waals surface area contributed by atoms with Crippen molar-refractivity contribution >= 4 is 44.9 Å². The molecule has 1 aromatic carbocycles. The first-order valence-electron chi connectivity index (χ1n) is 5.41. The number of benzene rings is 1. The SMILES string of the molecule is CCNC(=O)CS(=O)(=O)c1ccc(Cl)c(C(=O)O)c1Cl. The summed E-state index contributed by atoms with van der Waals surface area (Å²) in [5, 5.41) is 10.6. The summed E-state index contributed by atoms with van der Waals surface area (Å²) in [7, 11) is -4.05. The zero-order valence-corrected chi connectivity index (χ0v) is 12.6. The van der Waals surface area contributed by atoms with E-state index in [1.54, 1.807) is 6.92 Å². The maximum Gasteiger partial charge on any atom is 0.338 e. The smallest absolute Gasteiger partial charge is 0.338 e. The molecule has 20 heavy (non-hydrogen) atoms. The van der Waals surface area contributed by atoms with Crippen LogP contribution in [0, 0.1) is 0 Å². The number of amides is 1. The lowest BCUT2D eigenvalue weighted by atomic mass is 10.2.